The van der Waals surface area contributed by atoms with Crippen LogP contribution in [0.15, 0.2) is 28.8 Å². The third-order valence-corrected chi connectivity index (χ3v) is 5.30. The van der Waals surface area contributed by atoms with Crippen LogP contribution in [0.5, 0.6) is 0 Å². The van der Waals surface area contributed by atoms with Crippen molar-refractivity contribution in [3.05, 3.63) is 30.0 Å². The van der Waals surface area contributed by atoms with Crippen LogP contribution in [0, 0.1) is 11.3 Å². The molecule has 0 aliphatic carbocycles. The number of aromatic nitrogens is 1. The molecule has 0 spiro atoms. The minimum absolute atomic E-state index is 0.0108. The molecule has 0 bridgehead atoms. The van der Waals surface area contributed by atoms with Gasteiger partial charge in [0.15, 0.2) is 0 Å². The van der Waals surface area contributed by atoms with Crippen LogP contribution in [0.2, 0.25) is 0 Å². The third-order valence-electron chi connectivity index (χ3n) is 5.30. The molecule has 8 heteroatoms. The lowest BCUT2D eigenvalue weighted by Gasteiger charge is -2.24. The molecule has 1 aromatic carbocycles. The van der Waals surface area contributed by atoms with Gasteiger partial charge in [-0.15, -0.1) is 0 Å². The van der Waals surface area contributed by atoms with Crippen molar-refractivity contribution < 1.29 is 24.0 Å². The molecule has 8 nitrogen and oxygen atoms in total. The lowest BCUT2D eigenvalue weighted by Crippen LogP contribution is -2.42. The standard InChI is InChI=1S/C17H17N3O5/c1-2-19-8-17(16(23)24)9-20(7-11(17)14(19)21)15(22)13-10-5-3-4-6-12(10)18-25-13/h3-6,11H,2,7-9H2,1H3,(H,23,24)/t11-,17+/m0/s1. The summed E-state index contributed by atoms with van der Waals surface area (Å²) in [6, 6.07) is 7.02. The van der Waals surface area contributed by atoms with Gasteiger partial charge >= 0.3 is 5.97 Å². The van der Waals surface area contributed by atoms with Crippen molar-refractivity contribution in [1.29, 1.82) is 0 Å². The Labute approximate surface area is 143 Å². The fourth-order valence-electron chi connectivity index (χ4n) is 3.92. The van der Waals surface area contributed by atoms with Crippen LogP contribution < -0.4 is 0 Å². The SMILES string of the molecule is CCN1C[C@@]2(C(=O)O)CN(C(=O)c3onc4ccccc34)C[C@H]2C1=O. The zero-order valence-corrected chi connectivity index (χ0v) is 13.6. The Morgan fingerprint density at radius 2 is 2.12 bits per heavy atom. The molecule has 25 heavy (non-hydrogen) atoms. The lowest BCUT2D eigenvalue weighted by molar-refractivity contribution is -0.149. The summed E-state index contributed by atoms with van der Waals surface area (Å²) in [5.41, 5.74) is -0.690. The van der Waals surface area contributed by atoms with Crippen molar-refractivity contribution in [1.82, 2.24) is 15.0 Å². The van der Waals surface area contributed by atoms with E-state index in [9.17, 15) is 19.5 Å². The van der Waals surface area contributed by atoms with Gasteiger partial charge < -0.3 is 19.4 Å². The van der Waals surface area contributed by atoms with Crippen LogP contribution >= 0.6 is 0 Å². The van der Waals surface area contributed by atoms with E-state index in [1.54, 1.807) is 29.2 Å². The molecule has 130 valence electrons. The van der Waals surface area contributed by atoms with Gasteiger partial charge in [0.2, 0.25) is 11.7 Å². The van der Waals surface area contributed by atoms with Crippen molar-refractivity contribution in [2.75, 3.05) is 26.2 Å². The summed E-state index contributed by atoms with van der Waals surface area (Å²) in [5, 5.41) is 14.2. The van der Waals surface area contributed by atoms with Crippen molar-refractivity contribution >= 4 is 28.7 Å². The number of carboxylic acid groups (broad SMARTS) is 1. The number of carbonyl (C=O) groups is 3. The number of fused-ring (bicyclic) bond motifs is 2. The Morgan fingerprint density at radius 1 is 1.36 bits per heavy atom. The molecule has 2 atom stereocenters. The predicted octanol–water partition coefficient (Wildman–Crippen LogP) is 0.833. The van der Waals surface area contributed by atoms with Crippen LogP contribution in [-0.4, -0.2) is 64.0 Å². The molecule has 2 saturated heterocycles. The van der Waals surface area contributed by atoms with E-state index in [4.69, 9.17) is 4.52 Å². The number of carbonyl (C=O) groups excluding carboxylic acids is 2. The maximum Gasteiger partial charge on any atom is 0.314 e. The molecular formula is C17H17N3O5. The zero-order valence-electron chi connectivity index (χ0n) is 13.6. The second-order valence-corrected chi connectivity index (χ2v) is 6.58. The molecule has 4 rings (SSSR count). The Bertz CT molecular complexity index is 891. The van der Waals surface area contributed by atoms with E-state index in [2.05, 4.69) is 5.16 Å². The van der Waals surface area contributed by atoms with Gasteiger partial charge in [-0.3, -0.25) is 14.4 Å². The molecular weight excluding hydrogens is 326 g/mol. The highest BCUT2D eigenvalue weighted by Crippen LogP contribution is 2.44. The monoisotopic (exact) mass is 343 g/mol. The maximum atomic E-state index is 12.9. The number of hydrogen-bond acceptors (Lipinski definition) is 5. The summed E-state index contributed by atoms with van der Waals surface area (Å²) in [7, 11) is 0. The van der Waals surface area contributed by atoms with Crippen molar-refractivity contribution in [3.63, 3.8) is 0 Å². The van der Waals surface area contributed by atoms with Gasteiger partial charge in [-0.25, -0.2) is 0 Å². The highest BCUT2D eigenvalue weighted by molar-refractivity contribution is 6.04. The van der Waals surface area contributed by atoms with Crippen molar-refractivity contribution in [3.8, 4) is 0 Å². The van der Waals surface area contributed by atoms with Gasteiger partial charge in [0.05, 0.1) is 11.3 Å². The van der Waals surface area contributed by atoms with Gasteiger partial charge in [-0.05, 0) is 19.1 Å². The summed E-state index contributed by atoms with van der Waals surface area (Å²) in [6.07, 6.45) is 0. The van der Waals surface area contributed by atoms with Gasteiger partial charge in [0, 0.05) is 26.2 Å². The molecule has 2 fully saturated rings. The normalized spacial score (nSPS) is 25.6. The number of carboxylic acids is 1. The summed E-state index contributed by atoms with van der Waals surface area (Å²) >= 11 is 0. The Morgan fingerprint density at radius 3 is 2.80 bits per heavy atom. The van der Waals surface area contributed by atoms with Crippen molar-refractivity contribution in [2.45, 2.75) is 6.92 Å². The molecule has 0 unspecified atom stereocenters. The summed E-state index contributed by atoms with van der Waals surface area (Å²) in [6.45, 7) is 2.48. The van der Waals surface area contributed by atoms with Gasteiger partial charge in [-0.2, -0.15) is 0 Å². The Balaban J connectivity index is 1.67. The highest BCUT2D eigenvalue weighted by Gasteiger charge is 2.62. The highest BCUT2D eigenvalue weighted by atomic mass is 16.5. The maximum absolute atomic E-state index is 12.9. The number of benzene rings is 1. The molecule has 0 saturated carbocycles. The first-order valence-electron chi connectivity index (χ1n) is 8.14. The average molecular weight is 343 g/mol. The molecule has 1 aromatic heterocycles. The van der Waals surface area contributed by atoms with Crippen LogP contribution in [-0.2, 0) is 9.59 Å². The van der Waals surface area contributed by atoms with E-state index in [0.717, 1.165) is 0 Å². The second kappa shape index (κ2) is 5.30. The first-order chi connectivity index (χ1) is 12.0. The van der Waals surface area contributed by atoms with E-state index < -0.39 is 23.2 Å². The molecule has 2 aliphatic rings. The third kappa shape index (κ3) is 2.06. The van der Waals surface area contributed by atoms with Crippen molar-refractivity contribution in [2.24, 2.45) is 11.3 Å². The summed E-state index contributed by atoms with van der Waals surface area (Å²) in [5.74, 6) is -2.32. The fraction of sp³-hybridized carbons (Fsp3) is 0.412. The second-order valence-electron chi connectivity index (χ2n) is 6.58. The number of rotatable bonds is 3. The topological polar surface area (TPSA) is 104 Å². The first-order valence-corrected chi connectivity index (χ1v) is 8.14. The predicted molar refractivity (Wildman–Crippen MR) is 85.7 cm³/mol. The lowest BCUT2D eigenvalue weighted by atomic mass is 9.81. The van der Waals surface area contributed by atoms with E-state index in [0.29, 0.717) is 17.4 Å². The van der Waals surface area contributed by atoms with Gasteiger partial charge in [0.25, 0.3) is 5.91 Å². The smallest absolute Gasteiger partial charge is 0.314 e. The summed E-state index contributed by atoms with van der Waals surface area (Å²) < 4.78 is 5.19. The zero-order chi connectivity index (χ0) is 17.8. The minimum atomic E-state index is -1.25. The van der Waals surface area contributed by atoms with Crippen LogP contribution in [0.1, 0.15) is 17.5 Å². The average Bonchev–Trinajstić information content (AvgIpc) is 3.26. The number of hydrogen-bond donors (Lipinski definition) is 1. The fourth-order valence-corrected chi connectivity index (χ4v) is 3.92. The largest absolute Gasteiger partial charge is 0.481 e. The number of nitrogens with zero attached hydrogens (tertiary/aromatic N) is 3. The molecule has 1 N–H and O–H groups in total. The van der Waals surface area contributed by atoms with E-state index in [-0.39, 0.29) is 31.3 Å². The van der Waals surface area contributed by atoms with Gasteiger partial charge in [0.1, 0.15) is 10.9 Å². The minimum Gasteiger partial charge on any atom is -0.481 e. The number of amides is 2. The van der Waals surface area contributed by atoms with Crippen LogP contribution in [0.25, 0.3) is 10.9 Å². The number of aliphatic carboxylic acids is 1. The molecule has 2 amide bonds. The number of likely N-dealkylation sites (tertiary alicyclic amines) is 2. The van der Waals surface area contributed by atoms with Crippen LogP contribution in [0.4, 0.5) is 0 Å². The molecule has 2 aliphatic heterocycles. The first kappa shape index (κ1) is 15.6. The molecule has 3 heterocycles. The Kier molecular flexibility index (Phi) is 3.31. The Hall–Kier alpha value is -2.90. The summed E-state index contributed by atoms with van der Waals surface area (Å²) in [4.78, 5) is 40.2. The molecule has 0 radical (unpaired) electrons. The quantitative estimate of drug-likeness (QED) is 0.885. The van der Waals surface area contributed by atoms with Gasteiger partial charge in [-0.1, -0.05) is 17.3 Å². The molecule has 2 aromatic rings. The van der Waals surface area contributed by atoms with E-state index in [1.165, 1.54) is 4.90 Å². The van der Waals surface area contributed by atoms with E-state index in [1.807, 2.05) is 6.92 Å². The van der Waals surface area contributed by atoms with Crippen LogP contribution in [0.3, 0.4) is 0 Å². The van der Waals surface area contributed by atoms with E-state index >= 15 is 0 Å².